The van der Waals surface area contributed by atoms with Gasteiger partial charge in [0.05, 0.1) is 5.02 Å². The molecule has 106 valence electrons. The second-order valence-electron chi connectivity index (χ2n) is 5.41. The average molecular weight is 298 g/mol. The van der Waals surface area contributed by atoms with Gasteiger partial charge in [-0.25, -0.2) is 0 Å². The fourth-order valence-corrected chi connectivity index (χ4v) is 3.53. The Morgan fingerprint density at radius 1 is 1.37 bits per heavy atom. The van der Waals surface area contributed by atoms with Crippen LogP contribution in [0.3, 0.4) is 0 Å². The first-order valence-electron chi connectivity index (χ1n) is 7.40. The molecule has 0 spiro atoms. The molecule has 2 rings (SSSR count). The summed E-state index contributed by atoms with van der Waals surface area (Å²) in [5.41, 5.74) is 0. The van der Waals surface area contributed by atoms with E-state index in [9.17, 15) is 0 Å². The van der Waals surface area contributed by atoms with E-state index in [2.05, 4.69) is 24.4 Å². The van der Waals surface area contributed by atoms with Crippen LogP contribution in [0, 0.1) is 5.92 Å². The predicted octanol–water partition coefficient (Wildman–Crippen LogP) is 4.99. The van der Waals surface area contributed by atoms with Crippen LogP contribution in [0.1, 0.15) is 39.0 Å². The highest BCUT2D eigenvalue weighted by Crippen LogP contribution is 2.34. The molecule has 1 aromatic rings. The van der Waals surface area contributed by atoms with E-state index in [1.54, 1.807) is 0 Å². The lowest BCUT2D eigenvalue weighted by atomic mass is 10.1. The van der Waals surface area contributed by atoms with Crippen LogP contribution in [0.25, 0.3) is 0 Å². The monoisotopic (exact) mass is 297 g/mol. The number of nitrogens with one attached hydrogen (secondary N) is 1. The lowest BCUT2D eigenvalue weighted by Gasteiger charge is -2.18. The van der Waals surface area contributed by atoms with Crippen molar-refractivity contribution in [2.24, 2.45) is 5.92 Å². The van der Waals surface area contributed by atoms with Crippen molar-refractivity contribution in [2.75, 3.05) is 12.3 Å². The summed E-state index contributed by atoms with van der Waals surface area (Å²) in [7, 11) is 0. The molecule has 1 saturated carbocycles. The summed E-state index contributed by atoms with van der Waals surface area (Å²) in [6, 6.07) is 8.77. The molecular formula is C16H24ClNS. The minimum absolute atomic E-state index is 0.627. The van der Waals surface area contributed by atoms with Gasteiger partial charge in [0.25, 0.3) is 0 Å². The quantitative estimate of drug-likeness (QED) is 0.644. The molecule has 1 N–H and O–H groups in total. The zero-order valence-corrected chi connectivity index (χ0v) is 13.3. The molecule has 0 radical (unpaired) electrons. The maximum atomic E-state index is 6.21. The number of thioether (sulfide) groups is 1. The van der Waals surface area contributed by atoms with Gasteiger partial charge in [-0.05, 0) is 43.9 Å². The topological polar surface area (TPSA) is 12.0 Å². The van der Waals surface area contributed by atoms with Crippen LogP contribution in [0.15, 0.2) is 29.2 Å². The number of halogens is 1. The first kappa shape index (κ1) is 15.2. The van der Waals surface area contributed by atoms with Crippen molar-refractivity contribution >= 4 is 23.4 Å². The van der Waals surface area contributed by atoms with Gasteiger partial charge in [0.15, 0.2) is 0 Å². The zero-order chi connectivity index (χ0) is 13.5. The second-order valence-corrected chi connectivity index (χ2v) is 6.88. The van der Waals surface area contributed by atoms with Gasteiger partial charge in [-0.1, -0.05) is 43.5 Å². The molecular weight excluding hydrogens is 274 g/mol. The van der Waals surface area contributed by atoms with E-state index in [0.29, 0.717) is 6.04 Å². The normalized spacial score (nSPS) is 16.5. The summed E-state index contributed by atoms with van der Waals surface area (Å²) in [4.78, 5) is 1.21. The van der Waals surface area contributed by atoms with E-state index < -0.39 is 0 Å². The Morgan fingerprint density at radius 3 is 2.84 bits per heavy atom. The average Bonchev–Trinajstić information content (AvgIpc) is 3.24. The lowest BCUT2D eigenvalue weighted by Crippen LogP contribution is -2.32. The van der Waals surface area contributed by atoms with Crippen molar-refractivity contribution in [1.29, 1.82) is 0 Å². The smallest absolute Gasteiger partial charge is 0.0541 e. The van der Waals surface area contributed by atoms with Crippen LogP contribution < -0.4 is 5.32 Å². The Labute approximate surface area is 126 Å². The lowest BCUT2D eigenvalue weighted by molar-refractivity contribution is 0.489. The van der Waals surface area contributed by atoms with Gasteiger partial charge in [-0.2, -0.15) is 0 Å². The molecule has 19 heavy (non-hydrogen) atoms. The minimum Gasteiger partial charge on any atom is -0.313 e. The first-order chi connectivity index (χ1) is 9.29. The maximum absolute atomic E-state index is 6.21. The summed E-state index contributed by atoms with van der Waals surface area (Å²) >= 11 is 8.09. The van der Waals surface area contributed by atoms with Gasteiger partial charge < -0.3 is 5.32 Å². The molecule has 1 aromatic carbocycles. The molecule has 0 aromatic heterocycles. The second kappa shape index (κ2) is 8.18. The van der Waals surface area contributed by atoms with Crippen LogP contribution in [0.2, 0.25) is 5.02 Å². The minimum atomic E-state index is 0.627. The molecule has 1 atom stereocenters. The summed E-state index contributed by atoms with van der Waals surface area (Å²) in [6.45, 7) is 3.35. The Morgan fingerprint density at radius 2 is 2.16 bits per heavy atom. The molecule has 0 heterocycles. The molecule has 3 heteroatoms. The highest BCUT2D eigenvalue weighted by atomic mass is 35.5. The number of benzene rings is 1. The Balaban J connectivity index is 1.78. The third-order valence-electron chi connectivity index (χ3n) is 3.58. The van der Waals surface area contributed by atoms with Gasteiger partial charge in [0.2, 0.25) is 0 Å². The van der Waals surface area contributed by atoms with E-state index in [-0.39, 0.29) is 0 Å². The molecule has 1 nitrogen and oxygen atoms in total. The van der Waals surface area contributed by atoms with E-state index >= 15 is 0 Å². The van der Waals surface area contributed by atoms with E-state index in [1.165, 1.54) is 37.0 Å². The molecule has 1 aliphatic carbocycles. The van der Waals surface area contributed by atoms with Crippen molar-refractivity contribution < 1.29 is 0 Å². The molecule has 0 amide bonds. The summed E-state index contributed by atoms with van der Waals surface area (Å²) in [5.74, 6) is 2.15. The maximum Gasteiger partial charge on any atom is 0.0541 e. The Kier molecular flexibility index (Phi) is 6.55. The van der Waals surface area contributed by atoms with Crippen LogP contribution in [0.5, 0.6) is 0 Å². The molecule has 1 unspecified atom stereocenters. The molecule has 0 aliphatic heterocycles. The van der Waals surface area contributed by atoms with Crippen molar-refractivity contribution in [2.45, 2.75) is 50.0 Å². The van der Waals surface area contributed by atoms with Crippen molar-refractivity contribution in [1.82, 2.24) is 5.32 Å². The van der Waals surface area contributed by atoms with Crippen molar-refractivity contribution in [3.05, 3.63) is 29.3 Å². The van der Waals surface area contributed by atoms with Crippen LogP contribution >= 0.6 is 23.4 Å². The molecule has 1 aliphatic rings. The van der Waals surface area contributed by atoms with E-state index in [0.717, 1.165) is 23.2 Å². The van der Waals surface area contributed by atoms with Crippen LogP contribution in [-0.2, 0) is 0 Å². The Bertz CT molecular complexity index is 379. The number of hydrogen-bond acceptors (Lipinski definition) is 2. The fourth-order valence-electron chi connectivity index (χ4n) is 2.19. The Hall–Kier alpha value is -0.180. The van der Waals surface area contributed by atoms with E-state index in [1.807, 2.05) is 23.9 Å². The molecule has 0 saturated heterocycles. The van der Waals surface area contributed by atoms with Gasteiger partial charge >= 0.3 is 0 Å². The SMILES string of the molecule is CCCNC(CCC1CC1)CSc1ccccc1Cl. The third kappa shape index (κ3) is 5.76. The van der Waals surface area contributed by atoms with Crippen LogP contribution in [0.4, 0.5) is 0 Å². The van der Waals surface area contributed by atoms with Crippen molar-refractivity contribution in [3.8, 4) is 0 Å². The van der Waals surface area contributed by atoms with Gasteiger partial charge in [0.1, 0.15) is 0 Å². The van der Waals surface area contributed by atoms with Gasteiger partial charge in [-0.3, -0.25) is 0 Å². The van der Waals surface area contributed by atoms with Crippen LogP contribution in [-0.4, -0.2) is 18.3 Å². The highest BCUT2D eigenvalue weighted by molar-refractivity contribution is 7.99. The zero-order valence-electron chi connectivity index (χ0n) is 11.7. The highest BCUT2D eigenvalue weighted by Gasteiger charge is 2.22. The van der Waals surface area contributed by atoms with Gasteiger partial charge in [0, 0.05) is 16.7 Å². The largest absolute Gasteiger partial charge is 0.313 e. The standard InChI is InChI=1S/C16H24ClNS/c1-2-11-18-14(10-9-13-7-8-13)12-19-16-6-4-3-5-15(16)17/h3-6,13-14,18H,2,7-12H2,1H3. The first-order valence-corrected chi connectivity index (χ1v) is 8.76. The fraction of sp³-hybridized carbons (Fsp3) is 0.625. The van der Waals surface area contributed by atoms with Crippen molar-refractivity contribution in [3.63, 3.8) is 0 Å². The summed E-state index contributed by atoms with van der Waals surface area (Å²) < 4.78 is 0. The van der Waals surface area contributed by atoms with Gasteiger partial charge in [-0.15, -0.1) is 11.8 Å². The molecule has 1 fully saturated rings. The number of hydrogen-bond donors (Lipinski definition) is 1. The summed E-state index contributed by atoms with van der Waals surface area (Å²) in [6.07, 6.45) is 6.82. The summed E-state index contributed by atoms with van der Waals surface area (Å²) in [5, 5.41) is 4.56. The number of rotatable bonds is 9. The third-order valence-corrected chi connectivity index (χ3v) is 5.26. The molecule has 0 bridgehead atoms. The van der Waals surface area contributed by atoms with E-state index in [4.69, 9.17) is 11.6 Å². The predicted molar refractivity (Wildman–Crippen MR) is 86.2 cm³/mol.